The molecule has 18 heavy (non-hydrogen) atoms. The van der Waals surface area contributed by atoms with Gasteiger partial charge in [0.05, 0.1) is 12.3 Å². The average Bonchev–Trinajstić information content (AvgIpc) is 2.78. The molecule has 0 spiro atoms. The highest BCUT2D eigenvalue weighted by molar-refractivity contribution is 5.25. The number of aromatic nitrogens is 4. The van der Waals surface area contributed by atoms with Crippen LogP contribution in [0.4, 0.5) is 0 Å². The van der Waals surface area contributed by atoms with Crippen molar-refractivity contribution >= 4 is 5.78 Å². The summed E-state index contributed by atoms with van der Waals surface area (Å²) in [6, 6.07) is 1.46. The Balaban J connectivity index is 2.24. The Kier molecular flexibility index (Phi) is 3.85. The van der Waals surface area contributed by atoms with Crippen LogP contribution in [0.25, 0.3) is 5.78 Å². The van der Waals surface area contributed by atoms with Crippen molar-refractivity contribution in [3.05, 3.63) is 41.1 Å². The van der Waals surface area contributed by atoms with E-state index in [1.165, 1.54) is 16.9 Å². The minimum Gasteiger partial charge on any atom is -0.395 e. The van der Waals surface area contributed by atoms with Crippen molar-refractivity contribution in [1.29, 1.82) is 0 Å². The van der Waals surface area contributed by atoms with Crippen LogP contribution in [0.15, 0.2) is 29.8 Å². The van der Waals surface area contributed by atoms with Crippen molar-refractivity contribution in [2.75, 3.05) is 19.7 Å². The Morgan fingerprint density at radius 3 is 3.17 bits per heavy atom. The van der Waals surface area contributed by atoms with Gasteiger partial charge < -0.3 is 5.11 Å². The van der Waals surface area contributed by atoms with Gasteiger partial charge in [-0.1, -0.05) is 6.08 Å². The highest BCUT2D eigenvalue weighted by Crippen LogP contribution is 2.00. The number of aromatic amines is 1. The SMILES string of the molecule is C=CCN(CCO)Cc1cc(=O)n2[nH]cnc2n1. The third-order valence-electron chi connectivity index (χ3n) is 2.51. The smallest absolute Gasteiger partial charge is 0.274 e. The summed E-state index contributed by atoms with van der Waals surface area (Å²) in [4.78, 5) is 21.9. The minimum absolute atomic E-state index is 0.0530. The largest absolute Gasteiger partial charge is 0.395 e. The minimum atomic E-state index is -0.199. The lowest BCUT2D eigenvalue weighted by molar-refractivity contribution is 0.202. The molecule has 0 bridgehead atoms. The molecule has 0 radical (unpaired) electrons. The van der Waals surface area contributed by atoms with Crippen molar-refractivity contribution in [2.45, 2.75) is 6.54 Å². The lowest BCUT2D eigenvalue weighted by atomic mass is 10.3. The van der Waals surface area contributed by atoms with Crippen molar-refractivity contribution < 1.29 is 5.11 Å². The third kappa shape index (κ3) is 2.63. The molecule has 0 aliphatic heterocycles. The van der Waals surface area contributed by atoms with E-state index in [-0.39, 0.29) is 12.2 Å². The van der Waals surface area contributed by atoms with E-state index in [1.807, 2.05) is 4.90 Å². The summed E-state index contributed by atoms with van der Waals surface area (Å²) in [5.41, 5.74) is 0.428. The topological polar surface area (TPSA) is 86.5 Å². The van der Waals surface area contributed by atoms with E-state index in [1.54, 1.807) is 6.08 Å². The van der Waals surface area contributed by atoms with E-state index < -0.39 is 0 Å². The van der Waals surface area contributed by atoms with Crippen LogP contribution in [0.2, 0.25) is 0 Å². The second kappa shape index (κ2) is 5.56. The highest BCUT2D eigenvalue weighted by Gasteiger charge is 2.08. The Bertz CT molecular complexity index is 588. The van der Waals surface area contributed by atoms with E-state index in [0.717, 1.165) is 0 Å². The number of H-pyrrole nitrogens is 1. The second-order valence-electron chi connectivity index (χ2n) is 3.86. The summed E-state index contributed by atoms with van der Waals surface area (Å²) in [6.45, 7) is 5.32. The molecule has 0 unspecified atom stereocenters. The maximum Gasteiger partial charge on any atom is 0.274 e. The zero-order valence-corrected chi connectivity index (χ0v) is 9.91. The van der Waals surface area contributed by atoms with Crippen molar-refractivity contribution in [3.63, 3.8) is 0 Å². The van der Waals surface area contributed by atoms with Gasteiger partial charge in [0.2, 0.25) is 0 Å². The van der Waals surface area contributed by atoms with Crippen molar-refractivity contribution in [1.82, 2.24) is 24.5 Å². The number of rotatable bonds is 6. The molecule has 0 aliphatic rings. The van der Waals surface area contributed by atoms with E-state index in [4.69, 9.17) is 5.11 Å². The van der Waals surface area contributed by atoms with Crippen LogP contribution in [0.5, 0.6) is 0 Å². The van der Waals surface area contributed by atoms with Crippen LogP contribution >= 0.6 is 0 Å². The van der Waals surface area contributed by atoms with Crippen LogP contribution in [-0.2, 0) is 6.54 Å². The van der Waals surface area contributed by atoms with Crippen LogP contribution in [0.1, 0.15) is 5.69 Å². The third-order valence-corrected chi connectivity index (χ3v) is 2.51. The molecule has 0 fully saturated rings. The fraction of sp³-hybridized carbons (Fsp3) is 0.364. The van der Waals surface area contributed by atoms with E-state index in [2.05, 4.69) is 21.6 Å². The summed E-state index contributed by atoms with van der Waals surface area (Å²) >= 11 is 0. The van der Waals surface area contributed by atoms with Gasteiger partial charge in [0.15, 0.2) is 0 Å². The normalized spacial score (nSPS) is 11.2. The second-order valence-corrected chi connectivity index (χ2v) is 3.86. The number of aliphatic hydroxyl groups is 1. The number of nitrogens with zero attached hydrogens (tertiary/aromatic N) is 4. The van der Waals surface area contributed by atoms with Gasteiger partial charge >= 0.3 is 0 Å². The molecule has 2 heterocycles. The van der Waals surface area contributed by atoms with Crippen LogP contribution in [-0.4, -0.2) is 49.3 Å². The maximum absolute atomic E-state index is 11.7. The van der Waals surface area contributed by atoms with Gasteiger partial charge in [-0.3, -0.25) is 14.8 Å². The van der Waals surface area contributed by atoms with Crippen LogP contribution in [0.3, 0.4) is 0 Å². The van der Waals surface area contributed by atoms with E-state index in [0.29, 0.717) is 31.1 Å². The molecular formula is C11H15N5O2. The van der Waals surface area contributed by atoms with Crippen LogP contribution in [0, 0.1) is 0 Å². The first-order chi connectivity index (χ1) is 8.74. The van der Waals surface area contributed by atoms with Gasteiger partial charge in [-0.05, 0) is 0 Å². The Morgan fingerprint density at radius 1 is 1.61 bits per heavy atom. The predicted molar refractivity (Wildman–Crippen MR) is 66.2 cm³/mol. The fourth-order valence-corrected chi connectivity index (χ4v) is 1.74. The molecule has 0 aromatic carbocycles. The highest BCUT2D eigenvalue weighted by atomic mass is 16.3. The first-order valence-corrected chi connectivity index (χ1v) is 5.60. The monoisotopic (exact) mass is 249 g/mol. The molecule has 0 saturated carbocycles. The van der Waals surface area contributed by atoms with Crippen molar-refractivity contribution in [3.8, 4) is 0 Å². The Morgan fingerprint density at radius 2 is 2.44 bits per heavy atom. The number of hydrogen-bond acceptors (Lipinski definition) is 5. The quantitative estimate of drug-likeness (QED) is 0.667. The molecule has 0 atom stereocenters. The van der Waals surface area contributed by atoms with E-state index in [9.17, 15) is 4.79 Å². The molecule has 2 rings (SSSR count). The molecule has 2 aromatic heterocycles. The molecule has 0 aliphatic carbocycles. The number of hydrogen-bond donors (Lipinski definition) is 2. The van der Waals surface area contributed by atoms with Gasteiger partial charge in [0.25, 0.3) is 11.3 Å². The number of fused-ring (bicyclic) bond motifs is 1. The summed E-state index contributed by atoms with van der Waals surface area (Å²) in [7, 11) is 0. The van der Waals surface area contributed by atoms with Gasteiger partial charge in [-0.25, -0.2) is 9.97 Å². The number of nitrogens with one attached hydrogen (secondary N) is 1. The van der Waals surface area contributed by atoms with Gasteiger partial charge in [0.1, 0.15) is 6.33 Å². The molecule has 0 amide bonds. The maximum atomic E-state index is 11.7. The fourth-order valence-electron chi connectivity index (χ4n) is 1.74. The first kappa shape index (κ1) is 12.5. The van der Waals surface area contributed by atoms with Gasteiger partial charge in [-0.2, -0.15) is 4.52 Å². The van der Waals surface area contributed by atoms with Crippen molar-refractivity contribution in [2.24, 2.45) is 0 Å². The Labute approximate surface area is 103 Å². The Hall–Kier alpha value is -1.99. The first-order valence-electron chi connectivity index (χ1n) is 5.60. The number of aliphatic hydroxyl groups excluding tert-OH is 1. The zero-order valence-electron chi connectivity index (χ0n) is 9.91. The summed E-state index contributed by atoms with van der Waals surface area (Å²) < 4.78 is 1.27. The van der Waals surface area contributed by atoms with Gasteiger partial charge in [0, 0.05) is 25.7 Å². The molecule has 2 aromatic rings. The molecule has 2 N–H and O–H groups in total. The summed E-state index contributed by atoms with van der Waals surface area (Å²) in [6.07, 6.45) is 3.17. The summed E-state index contributed by atoms with van der Waals surface area (Å²) in [5, 5.41) is 11.6. The van der Waals surface area contributed by atoms with Gasteiger partial charge in [-0.15, -0.1) is 6.58 Å². The molecular weight excluding hydrogens is 234 g/mol. The zero-order chi connectivity index (χ0) is 13.0. The average molecular weight is 249 g/mol. The molecule has 96 valence electrons. The molecule has 7 heteroatoms. The van der Waals surface area contributed by atoms with E-state index >= 15 is 0 Å². The predicted octanol–water partition coefficient (Wildman–Crippen LogP) is -0.602. The molecule has 0 saturated heterocycles. The lowest BCUT2D eigenvalue weighted by Gasteiger charge is -2.18. The molecule has 7 nitrogen and oxygen atoms in total. The van der Waals surface area contributed by atoms with Crippen LogP contribution < -0.4 is 5.56 Å². The summed E-state index contributed by atoms with van der Waals surface area (Å²) in [5.74, 6) is 0.347. The standard InChI is InChI=1S/C11H15N5O2/c1-2-3-15(4-5-17)7-9-6-10(18)16-11(14-9)12-8-13-16/h2,6,8,17H,1,3-5,7H2,(H,12,13,14). The lowest BCUT2D eigenvalue weighted by Crippen LogP contribution is -2.28.